The molecule has 0 bridgehead atoms. The number of pyridine rings is 1. The first-order valence-corrected chi connectivity index (χ1v) is 10.5. The minimum atomic E-state index is -0.225. The Labute approximate surface area is 187 Å². The van der Waals surface area contributed by atoms with Crippen LogP contribution in [0.4, 0.5) is 0 Å². The summed E-state index contributed by atoms with van der Waals surface area (Å²) in [5.74, 6) is 0.101. The van der Waals surface area contributed by atoms with E-state index in [0.717, 1.165) is 40.0 Å². The normalized spacial score (nSPS) is 11.3. The van der Waals surface area contributed by atoms with Gasteiger partial charge in [0.2, 0.25) is 5.82 Å². The zero-order valence-corrected chi connectivity index (χ0v) is 18.5. The van der Waals surface area contributed by atoms with E-state index in [1.54, 1.807) is 4.57 Å². The highest BCUT2D eigenvalue weighted by molar-refractivity contribution is 5.96. The fraction of sp³-hybridized carbons (Fsp3) is 0.240. The number of rotatable bonds is 7. The molecule has 2 heterocycles. The van der Waals surface area contributed by atoms with Crippen LogP contribution in [0.15, 0.2) is 60.7 Å². The van der Waals surface area contributed by atoms with Gasteiger partial charge in [0.25, 0.3) is 5.91 Å². The number of carbonyl (C=O) groups is 1. The number of hydrogen-bond acceptors (Lipinski definition) is 5. The van der Waals surface area contributed by atoms with Crippen molar-refractivity contribution in [2.24, 2.45) is 7.05 Å². The number of imidazole rings is 1. The smallest absolute Gasteiger partial charge is 0.287 e. The number of aliphatic hydroxyl groups excluding tert-OH is 1. The molecule has 0 unspecified atom stereocenters. The Morgan fingerprint density at radius 2 is 1.78 bits per heavy atom. The Morgan fingerprint density at radius 3 is 2.50 bits per heavy atom. The SMILES string of the molecule is CN(C)CCNC(=O)c1nc2nc(-c3ccccc3)c(-c3cccc(CO)c3)cc2n1C. The van der Waals surface area contributed by atoms with Crippen LogP contribution in [-0.4, -0.2) is 57.6 Å². The van der Waals surface area contributed by atoms with E-state index >= 15 is 0 Å². The molecule has 1 amide bonds. The van der Waals surface area contributed by atoms with Crippen LogP contribution in [0.1, 0.15) is 16.2 Å². The third-order valence-electron chi connectivity index (χ3n) is 5.39. The highest BCUT2D eigenvalue weighted by atomic mass is 16.3. The van der Waals surface area contributed by atoms with Crippen LogP contribution >= 0.6 is 0 Å². The van der Waals surface area contributed by atoms with E-state index in [2.05, 4.69) is 10.3 Å². The minimum absolute atomic E-state index is 0.0346. The molecule has 2 N–H and O–H groups in total. The number of carbonyl (C=O) groups excluding carboxylic acids is 1. The zero-order valence-electron chi connectivity index (χ0n) is 18.5. The molecule has 0 radical (unpaired) electrons. The number of fused-ring (bicyclic) bond motifs is 1. The van der Waals surface area contributed by atoms with Crippen LogP contribution in [0.3, 0.4) is 0 Å². The van der Waals surface area contributed by atoms with Gasteiger partial charge in [-0.1, -0.05) is 48.5 Å². The van der Waals surface area contributed by atoms with Crippen molar-refractivity contribution in [3.05, 3.63) is 72.1 Å². The van der Waals surface area contributed by atoms with Gasteiger partial charge < -0.3 is 19.9 Å². The third-order valence-corrected chi connectivity index (χ3v) is 5.39. The summed E-state index contributed by atoms with van der Waals surface area (Å²) >= 11 is 0. The molecule has 0 aliphatic heterocycles. The molecular formula is C25H27N5O2. The number of benzene rings is 2. The standard InChI is InChI=1S/C25H27N5O2/c1-29(2)13-12-26-25(32)24-28-23-21(30(24)3)15-20(19-11-7-8-17(14-19)16-31)22(27-23)18-9-5-4-6-10-18/h4-11,14-15,31H,12-13,16H2,1-3H3,(H,26,32). The number of nitrogens with zero attached hydrogens (tertiary/aromatic N) is 4. The number of aromatic nitrogens is 3. The summed E-state index contributed by atoms with van der Waals surface area (Å²) < 4.78 is 1.78. The number of nitrogens with one attached hydrogen (secondary N) is 1. The summed E-state index contributed by atoms with van der Waals surface area (Å²) in [7, 11) is 5.75. The molecule has 0 aliphatic carbocycles. The molecule has 2 aromatic heterocycles. The van der Waals surface area contributed by atoms with Crippen LogP contribution in [0, 0.1) is 0 Å². The summed E-state index contributed by atoms with van der Waals surface area (Å²) in [6, 6.07) is 19.7. The second kappa shape index (κ2) is 9.30. The fourth-order valence-electron chi connectivity index (χ4n) is 3.66. The van der Waals surface area contributed by atoms with E-state index in [4.69, 9.17) is 4.98 Å². The molecule has 0 aliphatic rings. The largest absolute Gasteiger partial charge is 0.392 e. The van der Waals surface area contributed by atoms with Gasteiger partial charge in [0.05, 0.1) is 17.8 Å². The van der Waals surface area contributed by atoms with Crippen LogP contribution in [0.5, 0.6) is 0 Å². The summed E-state index contributed by atoms with van der Waals surface area (Å²) in [5.41, 5.74) is 5.72. The van der Waals surface area contributed by atoms with E-state index in [1.807, 2.05) is 86.7 Å². The van der Waals surface area contributed by atoms with E-state index in [0.29, 0.717) is 18.0 Å². The highest BCUT2D eigenvalue weighted by Gasteiger charge is 2.19. The Balaban J connectivity index is 1.84. The lowest BCUT2D eigenvalue weighted by Crippen LogP contribution is -2.32. The molecule has 164 valence electrons. The third kappa shape index (κ3) is 4.39. The first-order chi connectivity index (χ1) is 15.5. The fourth-order valence-corrected chi connectivity index (χ4v) is 3.66. The molecule has 0 saturated heterocycles. The van der Waals surface area contributed by atoms with Gasteiger partial charge in [-0.3, -0.25) is 4.79 Å². The lowest BCUT2D eigenvalue weighted by molar-refractivity contribution is 0.0938. The molecule has 4 rings (SSSR count). The predicted octanol–water partition coefficient (Wildman–Crippen LogP) is 3.09. The van der Waals surface area contributed by atoms with Crippen LogP contribution in [0.25, 0.3) is 33.5 Å². The number of likely N-dealkylation sites (N-methyl/N-ethyl adjacent to an activating group) is 1. The van der Waals surface area contributed by atoms with E-state index in [1.165, 1.54) is 0 Å². The summed E-state index contributed by atoms with van der Waals surface area (Å²) in [5, 5.41) is 12.5. The maximum Gasteiger partial charge on any atom is 0.287 e. The summed E-state index contributed by atoms with van der Waals surface area (Å²) in [6.07, 6.45) is 0. The predicted molar refractivity (Wildman–Crippen MR) is 126 cm³/mol. The average Bonchev–Trinajstić information content (AvgIpc) is 3.14. The Bertz CT molecular complexity index is 1250. The zero-order chi connectivity index (χ0) is 22.7. The van der Waals surface area contributed by atoms with Crippen molar-refractivity contribution >= 4 is 17.1 Å². The van der Waals surface area contributed by atoms with E-state index in [-0.39, 0.29) is 12.5 Å². The van der Waals surface area contributed by atoms with Gasteiger partial charge in [-0.05, 0) is 37.4 Å². The number of aliphatic hydroxyl groups is 1. The first-order valence-electron chi connectivity index (χ1n) is 10.5. The number of amides is 1. The molecule has 0 spiro atoms. The van der Waals surface area contributed by atoms with Gasteiger partial charge >= 0.3 is 0 Å². The highest BCUT2D eigenvalue weighted by Crippen LogP contribution is 2.33. The van der Waals surface area contributed by atoms with E-state index in [9.17, 15) is 9.90 Å². The van der Waals surface area contributed by atoms with Gasteiger partial charge in [-0.25, -0.2) is 9.97 Å². The van der Waals surface area contributed by atoms with Crippen molar-refractivity contribution in [2.45, 2.75) is 6.61 Å². The Kier molecular flexibility index (Phi) is 6.30. The molecule has 32 heavy (non-hydrogen) atoms. The van der Waals surface area contributed by atoms with E-state index < -0.39 is 0 Å². The lowest BCUT2D eigenvalue weighted by Gasteiger charge is -2.11. The minimum Gasteiger partial charge on any atom is -0.392 e. The van der Waals surface area contributed by atoms with Gasteiger partial charge in [-0.2, -0.15) is 0 Å². The van der Waals surface area contributed by atoms with Gasteiger partial charge in [0, 0.05) is 31.3 Å². The van der Waals surface area contributed by atoms with Crippen molar-refractivity contribution in [3.8, 4) is 22.4 Å². The van der Waals surface area contributed by atoms with Crippen molar-refractivity contribution in [3.63, 3.8) is 0 Å². The topological polar surface area (TPSA) is 83.3 Å². The summed E-state index contributed by atoms with van der Waals surface area (Å²) in [6.45, 7) is 1.25. The molecule has 7 nitrogen and oxygen atoms in total. The second-order valence-corrected chi connectivity index (χ2v) is 8.01. The van der Waals surface area contributed by atoms with Crippen LogP contribution in [-0.2, 0) is 13.7 Å². The maximum atomic E-state index is 12.7. The second-order valence-electron chi connectivity index (χ2n) is 8.01. The average molecular weight is 430 g/mol. The maximum absolute atomic E-state index is 12.7. The molecule has 2 aromatic carbocycles. The van der Waals surface area contributed by atoms with Gasteiger partial charge in [0.15, 0.2) is 5.65 Å². The Morgan fingerprint density at radius 1 is 1.03 bits per heavy atom. The van der Waals surface area contributed by atoms with Crippen LogP contribution in [0.2, 0.25) is 0 Å². The van der Waals surface area contributed by atoms with Crippen molar-refractivity contribution < 1.29 is 9.90 Å². The molecular weight excluding hydrogens is 402 g/mol. The van der Waals surface area contributed by atoms with Crippen molar-refractivity contribution in [2.75, 3.05) is 27.2 Å². The van der Waals surface area contributed by atoms with Crippen LogP contribution < -0.4 is 5.32 Å². The quantitative estimate of drug-likeness (QED) is 0.472. The summed E-state index contributed by atoms with van der Waals surface area (Å²) in [4.78, 5) is 24.2. The molecule has 7 heteroatoms. The van der Waals surface area contributed by atoms with Crippen molar-refractivity contribution in [1.82, 2.24) is 24.8 Å². The number of aryl methyl sites for hydroxylation is 1. The molecule has 0 fully saturated rings. The van der Waals surface area contributed by atoms with Gasteiger partial charge in [0.1, 0.15) is 0 Å². The lowest BCUT2D eigenvalue weighted by atomic mass is 9.97. The number of hydrogen-bond donors (Lipinski definition) is 2. The van der Waals surface area contributed by atoms with Gasteiger partial charge in [-0.15, -0.1) is 0 Å². The Hall–Kier alpha value is -3.55. The monoisotopic (exact) mass is 429 g/mol. The molecule has 0 atom stereocenters. The molecule has 0 saturated carbocycles. The first kappa shape index (κ1) is 21.7. The molecule has 4 aromatic rings. The van der Waals surface area contributed by atoms with Crippen molar-refractivity contribution in [1.29, 1.82) is 0 Å².